The number of thiophene rings is 1. The summed E-state index contributed by atoms with van der Waals surface area (Å²) in [4.78, 5) is 13.3. The van der Waals surface area contributed by atoms with E-state index < -0.39 is 0 Å². The summed E-state index contributed by atoms with van der Waals surface area (Å²) in [5, 5.41) is 7.64. The lowest BCUT2D eigenvalue weighted by Gasteiger charge is -2.24. The fraction of sp³-hybridized carbons (Fsp3) is 0.467. The highest BCUT2D eigenvalue weighted by Crippen LogP contribution is 2.43. The molecule has 0 spiro atoms. The van der Waals surface area contributed by atoms with Crippen molar-refractivity contribution in [2.45, 2.75) is 44.1 Å². The molecular formula is C15H16BrN3OS. The van der Waals surface area contributed by atoms with Crippen molar-refractivity contribution >= 4 is 39.0 Å². The Balaban J connectivity index is 1.75. The zero-order valence-electron chi connectivity index (χ0n) is 11.5. The van der Waals surface area contributed by atoms with Crippen LogP contribution in [-0.2, 0) is 4.79 Å². The minimum absolute atomic E-state index is 0.0942. The van der Waals surface area contributed by atoms with Crippen molar-refractivity contribution in [3.05, 3.63) is 32.6 Å². The first-order valence-electron chi connectivity index (χ1n) is 7.35. The van der Waals surface area contributed by atoms with Crippen molar-refractivity contribution in [3.63, 3.8) is 0 Å². The van der Waals surface area contributed by atoms with Crippen molar-refractivity contribution in [2.24, 2.45) is 0 Å². The number of hydrogen-bond acceptors (Lipinski definition) is 3. The summed E-state index contributed by atoms with van der Waals surface area (Å²) in [6, 6.07) is 4.60. The molecule has 0 saturated heterocycles. The number of nitrogens with one attached hydrogen (secondary N) is 1. The molecule has 2 aromatic rings. The van der Waals surface area contributed by atoms with E-state index in [4.69, 9.17) is 0 Å². The number of halogens is 1. The highest BCUT2D eigenvalue weighted by Gasteiger charge is 2.33. The van der Waals surface area contributed by atoms with E-state index in [2.05, 4.69) is 37.1 Å². The third-order valence-electron chi connectivity index (χ3n) is 4.45. The van der Waals surface area contributed by atoms with Crippen LogP contribution in [0.2, 0.25) is 0 Å². The van der Waals surface area contributed by atoms with Gasteiger partial charge in [0.1, 0.15) is 5.82 Å². The first-order valence-corrected chi connectivity index (χ1v) is 8.96. The Bertz CT molecular complexity index is 687. The van der Waals surface area contributed by atoms with Gasteiger partial charge < -0.3 is 5.32 Å². The molecule has 1 N–H and O–H groups in total. The Morgan fingerprint density at radius 2 is 2.14 bits per heavy atom. The smallest absolute Gasteiger partial charge is 0.226 e. The lowest BCUT2D eigenvalue weighted by Crippen LogP contribution is -2.25. The van der Waals surface area contributed by atoms with Crippen LogP contribution in [0.4, 0.5) is 5.82 Å². The first-order chi connectivity index (χ1) is 10.2. The lowest BCUT2D eigenvalue weighted by molar-refractivity contribution is -0.116. The third kappa shape index (κ3) is 2.34. The van der Waals surface area contributed by atoms with Crippen LogP contribution in [0, 0.1) is 0 Å². The second kappa shape index (κ2) is 5.25. The maximum atomic E-state index is 12.1. The molecule has 0 radical (unpaired) electrons. The highest BCUT2D eigenvalue weighted by molar-refractivity contribution is 9.11. The van der Waals surface area contributed by atoms with Crippen LogP contribution in [-0.4, -0.2) is 15.7 Å². The SMILES string of the molecule is O=C1CC(c2ccc(Br)s2)c2cnn(C3CCCC3)c2N1. The molecule has 1 atom stereocenters. The molecule has 0 bridgehead atoms. The monoisotopic (exact) mass is 365 g/mol. The van der Waals surface area contributed by atoms with Gasteiger partial charge in [0.25, 0.3) is 0 Å². The first kappa shape index (κ1) is 13.5. The van der Waals surface area contributed by atoms with Gasteiger partial charge in [0.05, 0.1) is 16.0 Å². The molecule has 21 heavy (non-hydrogen) atoms. The van der Waals surface area contributed by atoms with E-state index in [1.54, 1.807) is 11.3 Å². The molecule has 4 nitrogen and oxygen atoms in total. The molecule has 4 rings (SSSR count). The van der Waals surface area contributed by atoms with Crippen LogP contribution in [0.1, 0.15) is 54.5 Å². The number of aromatic nitrogens is 2. The molecule has 6 heteroatoms. The van der Waals surface area contributed by atoms with Gasteiger partial charge in [-0.3, -0.25) is 4.79 Å². The Kier molecular flexibility index (Phi) is 3.38. The Morgan fingerprint density at radius 3 is 2.86 bits per heavy atom. The molecule has 1 aliphatic heterocycles. The summed E-state index contributed by atoms with van der Waals surface area (Å²) in [5.74, 6) is 1.16. The molecule has 2 aliphatic rings. The largest absolute Gasteiger partial charge is 0.311 e. The van der Waals surface area contributed by atoms with Crippen LogP contribution in [0.3, 0.4) is 0 Å². The maximum Gasteiger partial charge on any atom is 0.226 e. The summed E-state index contributed by atoms with van der Waals surface area (Å²) in [7, 11) is 0. The number of fused-ring (bicyclic) bond motifs is 1. The van der Waals surface area contributed by atoms with Crippen molar-refractivity contribution in [3.8, 4) is 0 Å². The number of rotatable bonds is 2. The number of anilines is 1. The van der Waals surface area contributed by atoms with Crippen LogP contribution >= 0.6 is 27.3 Å². The van der Waals surface area contributed by atoms with E-state index >= 15 is 0 Å². The predicted octanol–water partition coefficient (Wildman–Crippen LogP) is 4.30. The quantitative estimate of drug-likeness (QED) is 0.862. The summed E-state index contributed by atoms with van der Waals surface area (Å²) < 4.78 is 3.16. The van der Waals surface area contributed by atoms with Crippen LogP contribution in [0.5, 0.6) is 0 Å². The molecule has 1 aliphatic carbocycles. The van der Waals surface area contributed by atoms with Gasteiger partial charge >= 0.3 is 0 Å². The number of hydrogen-bond donors (Lipinski definition) is 1. The van der Waals surface area contributed by atoms with Crippen LogP contribution in [0.25, 0.3) is 0 Å². The molecule has 110 valence electrons. The number of carbonyl (C=O) groups excluding carboxylic acids is 1. The Labute approximate surface area is 135 Å². The molecule has 1 saturated carbocycles. The fourth-order valence-corrected chi connectivity index (χ4v) is 4.98. The number of amides is 1. The molecule has 3 heterocycles. The fourth-order valence-electron chi connectivity index (χ4n) is 3.43. The van der Waals surface area contributed by atoms with E-state index in [9.17, 15) is 4.79 Å². The third-order valence-corrected chi connectivity index (χ3v) is 6.19. The number of carbonyl (C=O) groups is 1. The van der Waals surface area contributed by atoms with Gasteiger partial charge in [0.2, 0.25) is 5.91 Å². The summed E-state index contributed by atoms with van der Waals surface area (Å²) in [5.41, 5.74) is 1.16. The van der Waals surface area contributed by atoms with Gasteiger partial charge in [-0.2, -0.15) is 5.10 Å². The summed E-state index contributed by atoms with van der Waals surface area (Å²) >= 11 is 5.21. The molecule has 1 fully saturated rings. The van der Waals surface area contributed by atoms with E-state index in [1.165, 1.54) is 30.6 Å². The highest BCUT2D eigenvalue weighted by atomic mass is 79.9. The molecular weight excluding hydrogens is 350 g/mol. The van der Waals surface area contributed by atoms with Crippen molar-refractivity contribution in [1.29, 1.82) is 0 Å². The zero-order valence-corrected chi connectivity index (χ0v) is 13.9. The maximum absolute atomic E-state index is 12.1. The Morgan fingerprint density at radius 1 is 1.33 bits per heavy atom. The number of nitrogens with zero attached hydrogens (tertiary/aromatic N) is 2. The summed E-state index contributed by atoms with van der Waals surface area (Å²) in [6.07, 6.45) is 7.31. The minimum atomic E-state index is 0.0942. The summed E-state index contributed by atoms with van der Waals surface area (Å²) in [6.45, 7) is 0. The molecule has 0 aromatic carbocycles. The van der Waals surface area contributed by atoms with Crippen molar-refractivity contribution < 1.29 is 4.79 Å². The van der Waals surface area contributed by atoms with Gasteiger partial charge in [-0.25, -0.2) is 4.68 Å². The van der Waals surface area contributed by atoms with E-state index in [0.29, 0.717) is 12.5 Å². The van der Waals surface area contributed by atoms with Gasteiger partial charge in [0, 0.05) is 22.8 Å². The second-order valence-corrected chi connectivity index (χ2v) is 8.27. The molecule has 1 unspecified atom stereocenters. The molecule has 1 amide bonds. The van der Waals surface area contributed by atoms with E-state index in [0.717, 1.165) is 15.2 Å². The van der Waals surface area contributed by atoms with Gasteiger partial charge in [-0.05, 0) is 40.9 Å². The average Bonchev–Trinajstić information content (AvgIpc) is 3.16. The average molecular weight is 366 g/mol. The minimum Gasteiger partial charge on any atom is -0.311 e. The normalized spacial score (nSPS) is 22.3. The topological polar surface area (TPSA) is 46.9 Å². The van der Waals surface area contributed by atoms with Crippen molar-refractivity contribution in [2.75, 3.05) is 5.32 Å². The van der Waals surface area contributed by atoms with E-state index in [-0.39, 0.29) is 11.8 Å². The van der Waals surface area contributed by atoms with Gasteiger partial charge in [0.15, 0.2) is 0 Å². The van der Waals surface area contributed by atoms with E-state index in [1.807, 2.05) is 12.3 Å². The lowest BCUT2D eigenvalue weighted by atomic mass is 9.93. The zero-order chi connectivity index (χ0) is 14.4. The van der Waals surface area contributed by atoms with Gasteiger partial charge in [-0.1, -0.05) is 12.8 Å². The Hall–Kier alpha value is -1.14. The van der Waals surface area contributed by atoms with Crippen LogP contribution in [0.15, 0.2) is 22.1 Å². The predicted molar refractivity (Wildman–Crippen MR) is 86.8 cm³/mol. The van der Waals surface area contributed by atoms with Crippen molar-refractivity contribution in [1.82, 2.24) is 9.78 Å². The molecule has 2 aromatic heterocycles. The second-order valence-electron chi connectivity index (χ2n) is 5.78. The van der Waals surface area contributed by atoms with Crippen LogP contribution < -0.4 is 5.32 Å². The van der Waals surface area contributed by atoms with Gasteiger partial charge in [-0.15, -0.1) is 11.3 Å². The standard InChI is InChI=1S/C15H16BrN3OS/c16-13-6-5-12(21-13)10-7-14(20)18-15-11(10)8-17-19(15)9-3-1-2-4-9/h5-6,8-10H,1-4,7H2,(H,18,20).